The van der Waals surface area contributed by atoms with E-state index in [1.54, 1.807) is 0 Å². The van der Waals surface area contributed by atoms with Gasteiger partial charge in [-0.3, -0.25) is 9.59 Å². The highest BCUT2D eigenvalue weighted by molar-refractivity contribution is 5.87. The van der Waals surface area contributed by atoms with Gasteiger partial charge in [0.1, 0.15) is 0 Å². The van der Waals surface area contributed by atoms with Crippen molar-refractivity contribution in [2.24, 2.45) is 11.8 Å². The number of carbonyl (C=O) groups is 2. The summed E-state index contributed by atoms with van der Waals surface area (Å²) in [5.74, 6) is 1.61. The molecule has 2 aromatic heterocycles. The van der Waals surface area contributed by atoms with Gasteiger partial charge in [0.15, 0.2) is 5.65 Å². The maximum Gasteiger partial charge on any atom is 0.231 e. The zero-order valence-corrected chi connectivity index (χ0v) is 16.5. The number of likely N-dealkylation sites (tertiary alicyclic amines) is 1. The average molecular weight is 397 g/mol. The molecule has 154 valence electrons. The Morgan fingerprint density at radius 3 is 2.76 bits per heavy atom. The molecule has 5 rings (SSSR count). The van der Waals surface area contributed by atoms with E-state index in [0.717, 1.165) is 43.7 Å². The van der Waals surface area contributed by atoms with Crippen molar-refractivity contribution in [3.63, 3.8) is 0 Å². The summed E-state index contributed by atoms with van der Waals surface area (Å²) >= 11 is 0. The molecule has 2 aliphatic heterocycles. The van der Waals surface area contributed by atoms with Gasteiger partial charge in [-0.1, -0.05) is 0 Å². The van der Waals surface area contributed by atoms with Crippen molar-refractivity contribution in [3.05, 3.63) is 24.0 Å². The molecular weight excluding hydrogens is 370 g/mol. The fourth-order valence-electron chi connectivity index (χ4n) is 4.31. The predicted molar refractivity (Wildman–Crippen MR) is 105 cm³/mol. The third-order valence-corrected chi connectivity index (χ3v) is 6.30. The molecular formula is C21H27N5O3. The zero-order chi connectivity index (χ0) is 19.8. The standard InChI is InChI=1S/C21H27N5O3/c27-19-11-16(5-8-22-19)21(28)25-9-6-14(7-10-25)13-29-20-4-3-18-23-17(15-1-2-15)12-26(18)24-20/h3-4,12,14-16H,1-2,5-11,13H2,(H,22,27). The Balaban J connectivity index is 1.11. The van der Waals surface area contributed by atoms with Crippen LogP contribution in [-0.4, -0.2) is 57.6 Å². The van der Waals surface area contributed by atoms with Gasteiger partial charge in [0, 0.05) is 44.0 Å². The first-order valence-electron chi connectivity index (χ1n) is 10.7. The maximum absolute atomic E-state index is 12.7. The van der Waals surface area contributed by atoms with Crippen molar-refractivity contribution < 1.29 is 14.3 Å². The van der Waals surface area contributed by atoms with Crippen LogP contribution in [0.3, 0.4) is 0 Å². The Kier molecular flexibility index (Phi) is 4.85. The largest absolute Gasteiger partial charge is 0.476 e. The topological polar surface area (TPSA) is 88.8 Å². The summed E-state index contributed by atoms with van der Waals surface area (Å²) in [6.45, 7) is 2.69. The van der Waals surface area contributed by atoms with Crippen LogP contribution in [0, 0.1) is 11.8 Å². The first kappa shape index (κ1) is 18.4. The fourth-order valence-corrected chi connectivity index (χ4v) is 4.31. The van der Waals surface area contributed by atoms with E-state index in [9.17, 15) is 9.59 Å². The monoisotopic (exact) mass is 397 g/mol. The van der Waals surface area contributed by atoms with Crippen molar-refractivity contribution >= 4 is 17.5 Å². The molecule has 0 spiro atoms. The summed E-state index contributed by atoms with van der Waals surface area (Å²) < 4.78 is 7.76. The number of carbonyl (C=O) groups excluding carboxylic acids is 2. The quantitative estimate of drug-likeness (QED) is 0.830. The van der Waals surface area contributed by atoms with Crippen LogP contribution in [0.5, 0.6) is 5.88 Å². The van der Waals surface area contributed by atoms with E-state index in [-0.39, 0.29) is 17.7 Å². The molecule has 8 heteroatoms. The molecule has 0 bridgehead atoms. The molecule has 29 heavy (non-hydrogen) atoms. The van der Waals surface area contributed by atoms with Crippen molar-refractivity contribution in [1.29, 1.82) is 0 Å². The molecule has 3 fully saturated rings. The smallest absolute Gasteiger partial charge is 0.231 e. The Labute approximate surface area is 169 Å². The number of aromatic nitrogens is 3. The van der Waals surface area contributed by atoms with Gasteiger partial charge in [0.05, 0.1) is 18.5 Å². The maximum atomic E-state index is 12.7. The van der Waals surface area contributed by atoms with Gasteiger partial charge in [-0.2, -0.15) is 0 Å². The number of piperidine rings is 2. The van der Waals surface area contributed by atoms with Crippen LogP contribution in [0.15, 0.2) is 18.3 Å². The van der Waals surface area contributed by atoms with Gasteiger partial charge < -0.3 is 15.0 Å². The third-order valence-electron chi connectivity index (χ3n) is 6.30. The van der Waals surface area contributed by atoms with Crippen LogP contribution < -0.4 is 10.1 Å². The molecule has 1 aliphatic carbocycles. The van der Waals surface area contributed by atoms with Gasteiger partial charge in [0.25, 0.3) is 0 Å². The number of nitrogens with one attached hydrogen (secondary N) is 1. The van der Waals surface area contributed by atoms with E-state index in [1.165, 1.54) is 12.8 Å². The summed E-state index contributed by atoms with van der Waals surface area (Å²) in [6, 6.07) is 3.83. The van der Waals surface area contributed by atoms with Gasteiger partial charge in [-0.05, 0) is 44.1 Å². The first-order chi connectivity index (χ1) is 14.2. The molecule has 1 saturated carbocycles. The summed E-state index contributed by atoms with van der Waals surface area (Å²) in [5.41, 5.74) is 1.99. The number of hydrogen-bond acceptors (Lipinski definition) is 5. The third kappa shape index (κ3) is 4.06. The van der Waals surface area contributed by atoms with Crippen LogP contribution in [0.25, 0.3) is 5.65 Å². The van der Waals surface area contributed by atoms with E-state index in [1.807, 2.05) is 27.7 Å². The molecule has 1 atom stereocenters. The second-order valence-electron chi connectivity index (χ2n) is 8.53. The van der Waals surface area contributed by atoms with Crippen LogP contribution in [0.4, 0.5) is 0 Å². The minimum atomic E-state index is -0.150. The molecule has 2 amide bonds. The second kappa shape index (κ2) is 7.65. The van der Waals surface area contributed by atoms with Gasteiger partial charge in [0.2, 0.25) is 17.7 Å². The Bertz CT molecular complexity index is 914. The molecule has 0 aromatic carbocycles. The van der Waals surface area contributed by atoms with Crippen LogP contribution in [0.2, 0.25) is 0 Å². The molecule has 8 nitrogen and oxygen atoms in total. The van der Waals surface area contributed by atoms with Crippen molar-refractivity contribution in [1.82, 2.24) is 24.8 Å². The highest BCUT2D eigenvalue weighted by Gasteiger charge is 2.31. The van der Waals surface area contributed by atoms with E-state index < -0.39 is 0 Å². The lowest BCUT2D eigenvalue weighted by Gasteiger charge is -2.35. The van der Waals surface area contributed by atoms with Gasteiger partial charge in [-0.15, -0.1) is 5.10 Å². The number of imidazole rings is 1. The first-order valence-corrected chi connectivity index (χ1v) is 10.7. The lowest BCUT2D eigenvalue weighted by Crippen LogP contribution is -2.46. The fraction of sp³-hybridized carbons (Fsp3) is 0.619. The number of ether oxygens (including phenoxy) is 1. The zero-order valence-electron chi connectivity index (χ0n) is 16.5. The Morgan fingerprint density at radius 2 is 2.00 bits per heavy atom. The molecule has 1 unspecified atom stereocenters. The number of nitrogens with zero attached hydrogens (tertiary/aromatic N) is 4. The molecule has 3 aliphatic rings. The van der Waals surface area contributed by atoms with Crippen LogP contribution >= 0.6 is 0 Å². The van der Waals surface area contributed by atoms with Crippen molar-refractivity contribution in [2.75, 3.05) is 26.2 Å². The lowest BCUT2D eigenvalue weighted by molar-refractivity contribution is -0.141. The summed E-state index contributed by atoms with van der Waals surface area (Å²) in [7, 11) is 0. The summed E-state index contributed by atoms with van der Waals surface area (Å²) in [4.78, 5) is 30.7. The van der Waals surface area contributed by atoms with Gasteiger partial charge in [-0.25, -0.2) is 9.50 Å². The van der Waals surface area contributed by atoms with E-state index >= 15 is 0 Å². The minimum absolute atomic E-state index is 0.00972. The van der Waals surface area contributed by atoms with Crippen LogP contribution in [-0.2, 0) is 9.59 Å². The van der Waals surface area contributed by atoms with Crippen molar-refractivity contribution in [2.45, 2.75) is 44.4 Å². The SMILES string of the molecule is O=C1CC(C(=O)N2CCC(COc3ccc4nc(C5CC5)cn4n3)CC2)CCN1. The minimum Gasteiger partial charge on any atom is -0.476 e. The Morgan fingerprint density at radius 1 is 1.17 bits per heavy atom. The number of amides is 2. The van der Waals surface area contributed by atoms with E-state index in [2.05, 4.69) is 15.4 Å². The molecule has 2 saturated heterocycles. The summed E-state index contributed by atoms with van der Waals surface area (Å²) in [5, 5.41) is 7.32. The van der Waals surface area contributed by atoms with Crippen LogP contribution in [0.1, 0.15) is 50.1 Å². The van der Waals surface area contributed by atoms with E-state index in [4.69, 9.17) is 4.74 Å². The number of rotatable bonds is 5. The number of fused-ring (bicyclic) bond motifs is 1. The van der Waals surface area contributed by atoms with E-state index in [0.29, 0.717) is 37.3 Å². The lowest BCUT2D eigenvalue weighted by atomic mass is 9.93. The highest BCUT2D eigenvalue weighted by Crippen LogP contribution is 2.39. The van der Waals surface area contributed by atoms with Gasteiger partial charge >= 0.3 is 0 Å². The highest BCUT2D eigenvalue weighted by atomic mass is 16.5. The number of hydrogen-bond donors (Lipinski definition) is 1. The summed E-state index contributed by atoms with van der Waals surface area (Å²) in [6.07, 6.45) is 7.37. The normalized spacial score (nSPS) is 23.2. The predicted octanol–water partition coefficient (Wildman–Crippen LogP) is 1.75. The van der Waals surface area contributed by atoms with Crippen molar-refractivity contribution in [3.8, 4) is 5.88 Å². The molecule has 1 N–H and O–H groups in total. The average Bonchev–Trinajstić information content (AvgIpc) is 3.51. The molecule has 0 radical (unpaired) electrons. The second-order valence-corrected chi connectivity index (χ2v) is 8.53. The molecule has 4 heterocycles. The Hall–Kier alpha value is -2.64. The molecule has 2 aromatic rings.